The quantitative estimate of drug-likeness (QED) is 0.623. The van der Waals surface area contributed by atoms with E-state index in [1.165, 1.54) is 6.92 Å². The fourth-order valence-electron chi connectivity index (χ4n) is 1.00. The Balaban J connectivity index is 0. The van der Waals surface area contributed by atoms with Gasteiger partial charge in [-0.15, -0.1) is 0 Å². The average molecular weight is 192 g/mol. The Morgan fingerprint density at radius 3 is 2.15 bits per heavy atom. The number of halogens is 1. The van der Waals surface area contributed by atoms with Crippen LogP contribution in [0.5, 0.6) is 0 Å². The summed E-state index contributed by atoms with van der Waals surface area (Å²) in [6, 6.07) is 0. The van der Waals surface area contributed by atoms with Crippen LogP contribution < -0.4 is 0 Å². The number of Topliss-reactive ketones (excluding diaryl/α,β-unsaturated/α-hetero) is 1. The SMILES string of the molecule is CCOC(=O)C(CC)CC(C)=O.F. The minimum atomic E-state index is -0.254. The topological polar surface area (TPSA) is 43.4 Å². The Morgan fingerprint density at radius 1 is 1.31 bits per heavy atom. The standard InChI is InChI=1S/C9H16O3.FH/c1-4-8(6-7(3)10)9(11)12-5-2;/h8H,4-6H2,1-3H3;1H. The number of hydrogen-bond donors (Lipinski definition) is 0. The lowest BCUT2D eigenvalue weighted by Crippen LogP contribution is -2.19. The van der Waals surface area contributed by atoms with Crippen molar-refractivity contribution in [2.75, 3.05) is 6.61 Å². The molecule has 0 bridgehead atoms. The zero-order chi connectivity index (χ0) is 9.56. The van der Waals surface area contributed by atoms with Crippen LogP contribution in [0.25, 0.3) is 0 Å². The molecule has 78 valence electrons. The van der Waals surface area contributed by atoms with Gasteiger partial charge in [0.2, 0.25) is 0 Å². The van der Waals surface area contributed by atoms with Crippen LogP contribution in [0.1, 0.15) is 33.6 Å². The van der Waals surface area contributed by atoms with Gasteiger partial charge in [-0.3, -0.25) is 9.50 Å². The predicted molar refractivity (Wildman–Crippen MR) is 48.2 cm³/mol. The van der Waals surface area contributed by atoms with E-state index in [0.717, 1.165) is 0 Å². The number of carbonyl (C=O) groups excluding carboxylic acids is 2. The highest BCUT2D eigenvalue weighted by Crippen LogP contribution is 2.10. The second-order valence-corrected chi connectivity index (χ2v) is 2.76. The molecule has 0 radical (unpaired) electrons. The molecule has 0 saturated heterocycles. The number of ketones is 1. The molecule has 0 aliphatic rings. The lowest BCUT2D eigenvalue weighted by Gasteiger charge is -2.10. The number of carbonyl (C=O) groups is 2. The van der Waals surface area contributed by atoms with Gasteiger partial charge >= 0.3 is 5.97 Å². The molecule has 1 atom stereocenters. The Hall–Kier alpha value is -0.930. The van der Waals surface area contributed by atoms with Crippen molar-refractivity contribution in [2.24, 2.45) is 5.92 Å². The van der Waals surface area contributed by atoms with Gasteiger partial charge in [0.25, 0.3) is 0 Å². The van der Waals surface area contributed by atoms with Gasteiger partial charge in [0, 0.05) is 6.42 Å². The lowest BCUT2D eigenvalue weighted by atomic mass is 10.0. The molecule has 0 heterocycles. The highest BCUT2D eigenvalue weighted by molar-refractivity contribution is 5.82. The molecular formula is C9H17FO3. The van der Waals surface area contributed by atoms with Gasteiger partial charge in [-0.2, -0.15) is 0 Å². The molecule has 0 N–H and O–H groups in total. The van der Waals surface area contributed by atoms with Crippen molar-refractivity contribution in [2.45, 2.75) is 33.6 Å². The van der Waals surface area contributed by atoms with Crippen LogP contribution in [0.4, 0.5) is 4.70 Å². The van der Waals surface area contributed by atoms with E-state index in [-0.39, 0.29) is 22.4 Å². The second-order valence-electron chi connectivity index (χ2n) is 2.76. The summed E-state index contributed by atoms with van der Waals surface area (Å²) in [4.78, 5) is 21.8. The molecule has 3 nitrogen and oxygen atoms in total. The van der Waals surface area contributed by atoms with Crippen molar-refractivity contribution in [3.05, 3.63) is 0 Å². The smallest absolute Gasteiger partial charge is 0.309 e. The Kier molecular flexibility index (Phi) is 8.65. The van der Waals surface area contributed by atoms with Gasteiger partial charge in [0.15, 0.2) is 0 Å². The predicted octanol–water partition coefficient (Wildman–Crippen LogP) is 1.71. The van der Waals surface area contributed by atoms with E-state index >= 15 is 0 Å². The van der Waals surface area contributed by atoms with Gasteiger partial charge in [-0.05, 0) is 20.3 Å². The van der Waals surface area contributed by atoms with Gasteiger partial charge in [0.05, 0.1) is 12.5 Å². The fourth-order valence-corrected chi connectivity index (χ4v) is 1.00. The maximum Gasteiger partial charge on any atom is 0.309 e. The Bertz CT molecular complexity index is 168. The van der Waals surface area contributed by atoms with E-state index in [1.54, 1.807) is 6.92 Å². The number of ether oxygens (including phenoxy) is 1. The lowest BCUT2D eigenvalue weighted by molar-refractivity contribution is -0.149. The monoisotopic (exact) mass is 192 g/mol. The summed E-state index contributed by atoms with van der Waals surface area (Å²) in [5.74, 6) is -0.465. The molecule has 0 rings (SSSR count). The molecule has 0 saturated carbocycles. The summed E-state index contributed by atoms with van der Waals surface area (Å²) < 4.78 is 4.80. The summed E-state index contributed by atoms with van der Waals surface area (Å²) in [6.07, 6.45) is 0.966. The Labute approximate surface area is 77.8 Å². The van der Waals surface area contributed by atoms with E-state index in [2.05, 4.69) is 0 Å². The first-order valence-corrected chi connectivity index (χ1v) is 4.27. The number of esters is 1. The maximum atomic E-state index is 11.1. The third-order valence-corrected chi connectivity index (χ3v) is 1.65. The van der Waals surface area contributed by atoms with E-state index in [9.17, 15) is 9.59 Å². The summed E-state index contributed by atoms with van der Waals surface area (Å²) in [5, 5.41) is 0. The first-order chi connectivity index (χ1) is 5.61. The fraction of sp³-hybridized carbons (Fsp3) is 0.778. The van der Waals surface area contributed by atoms with Crippen molar-refractivity contribution in [3.8, 4) is 0 Å². The zero-order valence-corrected chi connectivity index (χ0v) is 8.33. The maximum absolute atomic E-state index is 11.1. The Morgan fingerprint density at radius 2 is 1.85 bits per heavy atom. The number of hydrogen-bond acceptors (Lipinski definition) is 3. The van der Waals surface area contributed by atoms with Crippen LogP contribution in [-0.4, -0.2) is 18.4 Å². The molecule has 0 fully saturated rings. The van der Waals surface area contributed by atoms with Crippen LogP contribution in [0.15, 0.2) is 0 Å². The van der Waals surface area contributed by atoms with Gasteiger partial charge in [-0.1, -0.05) is 6.92 Å². The van der Waals surface area contributed by atoms with Crippen LogP contribution in [0, 0.1) is 5.92 Å². The molecule has 1 unspecified atom stereocenters. The minimum Gasteiger partial charge on any atom is -0.466 e. The molecule has 0 aromatic carbocycles. The molecule has 0 aliphatic carbocycles. The van der Waals surface area contributed by atoms with Crippen molar-refractivity contribution in [3.63, 3.8) is 0 Å². The summed E-state index contributed by atoms with van der Waals surface area (Å²) in [6.45, 7) is 5.51. The second kappa shape index (κ2) is 7.71. The largest absolute Gasteiger partial charge is 0.466 e. The van der Waals surface area contributed by atoms with Crippen molar-refractivity contribution in [1.29, 1.82) is 0 Å². The minimum absolute atomic E-state index is 0. The molecule has 4 heteroatoms. The van der Waals surface area contributed by atoms with Crippen LogP contribution in [-0.2, 0) is 14.3 Å². The molecule has 0 amide bonds. The van der Waals surface area contributed by atoms with Gasteiger partial charge < -0.3 is 9.53 Å². The van der Waals surface area contributed by atoms with Crippen LogP contribution in [0.2, 0.25) is 0 Å². The van der Waals surface area contributed by atoms with Crippen LogP contribution in [0.3, 0.4) is 0 Å². The van der Waals surface area contributed by atoms with Crippen LogP contribution >= 0.6 is 0 Å². The van der Waals surface area contributed by atoms with Crippen molar-refractivity contribution in [1.82, 2.24) is 0 Å². The first kappa shape index (κ1) is 14.6. The highest BCUT2D eigenvalue weighted by atomic mass is 19.0. The van der Waals surface area contributed by atoms with E-state index in [1.807, 2.05) is 6.92 Å². The molecule has 13 heavy (non-hydrogen) atoms. The molecule has 0 aromatic rings. The molecule has 0 aromatic heterocycles. The van der Waals surface area contributed by atoms with E-state index in [4.69, 9.17) is 4.74 Å². The third-order valence-electron chi connectivity index (χ3n) is 1.65. The first-order valence-electron chi connectivity index (χ1n) is 4.27. The average Bonchev–Trinajstić information content (AvgIpc) is 2.00. The highest BCUT2D eigenvalue weighted by Gasteiger charge is 2.18. The van der Waals surface area contributed by atoms with Crippen molar-refractivity contribution < 1.29 is 19.0 Å². The molecular weight excluding hydrogens is 175 g/mol. The summed E-state index contributed by atoms with van der Waals surface area (Å²) >= 11 is 0. The summed E-state index contributed by atoms with van der Waals surface area (Å²) in [7, 11) is 0. The molecule has 0 spiro atoms. The third kappa shape index (κ3) is 6.25. The summed E-state index contributed by atoms with van der Waals surface area (Å²) in [5.41, 5.74) is 0. The zero-order valence-electron chi connectivity index (χ0n) is 8.33. The van der Waals surface area contributed by atoms with E-state index in [0.29, 0.717) is 19.4 Å². The van der Waals surface area contributed by atoms with Gasteiger partial charge in [0.1, 0.15) is 5.78 Å². The van der Waals surface area contributed by atoms with Crippen molar-refractivity contribution >= 4 is 11.8 Å². The van der Waals surface area contributed by atoms with E-state index < -0.39 is 0 Å². The molecule has 0 aliphatic heterocycles. The number of rotatable bonds is 5. The van der Waals surface area contributed by atoms with Gasteiger partial charge in [-0.25, -0.2) is 0 Å². The normalized spacial score (nSPS) is 11.3.